The molecule has 1 aromatic heterocycles. The van der Waals surface area contributed by atoms with Gasteiger partial charge in [-0.2, -0.15) is 0 Å². The molecule has 0 saturated carbocycles. The van der Waals surface area contributed by atoms with E-state index in [-0.39, 0.29) is 17.0 Å². The van der Waals surface area contributed by atoms with Crippen LogP contribution in [0.1, 0.15) is 64.2 Å². The van der Waals surface area contributed by atoms with Gasteiger partial charge in [-0.15, -0.1) is 11.8 Å². The van der Waals surface area contributed by atoms with Crippen molar-refractivity contribution in [2.45, 2.75) is 68.4 Å². The number of unbranched alkanes of at least 4 members (excludes halogenated alkanes) is 9. The van der Waals surface area contributed by atoms with Crippen molar-refractivity contribution in [1.29, 1.82) is 0 Å². The highest BCUT2D eigenvalue weighted by Gasteiger charge is 2.14. The minimum atomic E-state index is 0. The van der Waals surface area contributed by atoms with Crippen molar-refractivity contribution in [3.8, 4) is 10.4 Å². The number of hydrogen-bond donors (Lipinski definition) is 0. The second-order valence-electron chi connectivity index (χ2n) is 8.62. The van der Waals surface area contributed by atoms with Crippen molar-refractivity contribution in [2.24, 2.45) is 0 Å². The number of rotatable bonds is 14. The molecule has 0 unspecified atom stereocenters. The summed E-state index contributed by atoms with van der Waals surface area (Å²) in [5.74, 6) is 1.23. The predicted octanol–water partition coefficient (Wildman–Crippen LogP) is 6.05. The fourth-order valence-corrected chi connectivity index (χ4v) is 8.35. The Morgan fingerprint density at radius 1 is 0.758 bits per heavy atom. The lowest BCUT2D eigenvalue weighted by Gasteiger charge is -2.05. The summed E-state index contributed by atoms with van der Waals surface area (Å²) < 4.78 is 5.12. The quantitative estimate of drug-likeness (QED) is 0.0907. The molecule has 0 spiro atoms. The Bertz CT molecular complexity index is 1020. The molecule has 0 fully saturated rings. The molecule has 0 aliphatic heterocycles. The van der Waals surface area contributed by atoms with Gasteiger partial charge in [0, 0.05) is 5.33 Å². The maximum Gasteiger partial charge on any atom is 0.315 e. The molecule has 0 radical (unpaired) electrons. The monoisotopic (exact) mass is 629 g/mol. The SMILES string of the molecule is C[N+](C)=c1sc(SCCCCCCCCCCCCBr)c(-c2ccc3ccccc3c2)s1.[Br-]. The van der Waals surface area contributed by atoms with Crippen LogP contribution in [0.3, 0.4) is 0 Å². The van der Waals surface area contributed by atoms with Gasteiger partial charge in [-0.3, -0.25) is 0 Å². The van der Waals surface area contributed by atoms with E-state index in [1.54, 1.807) is 0 Å². The van der Waals surface area contributed by atoms with Gasteiger partial charge in [0.25, 0.3) is 0 Å². The van der Waals surface area contributed by atoms with E-state index in [1.165, 1.54) is 99.4 Å². The van der Waals surface area contributed by atoms with Crippen LogP contribution in [-0.2, 0) is 0 Å². The van der Waals surface area contributed by atoms with Gasteiger partial charge in [0.2, 0.25) is 0 Å². The third-order valence-corrected chi connectivity index (χ3v) is 10.7. The number of fused-ring (bicyclic) bond motifs is 1. The molecule has 33 heavy (non-hydrogen) atoms. The molecule has 1 heterocycles. The van der Waals surface area contributed by atoms with Crippen LogP contribution in [0.25, 0.3) is 21.2 Å². The highest BCUT2D eigenvalue weighted by Crippen LogP contribution is 2.38. The van der Waals surface area contributed by atoms with Crippen LogP contribution in [0.2, 0.25) is 0 Å². The Labute approximate surface area is 231 Å². The van der Waals surface area contributed by atoms with Crippen molar-refractivity contribution in [3.63, 3.8) is 0 Å². The first-order chi connectivity index (χ1) is 15.7. The Morgan fingerprint density at radius 3 is 2.00 bits per heavy atom. The smallest absolute Gasteiger partial charge is 0.315 e. The number of thioether (sulfide) groups is 1. The van der Waals surface area contributed by atoms with Gasteiger partial charge >= 0.3 is 3.98 Å². The number of hydrogen-bond acceptors (Lipinski definition) is 3. The van der Waals surface area contributed by atoms with E-state index in [0.717, 1.165) is 5.33 Å². The van der Waals surface area contributed by atoms with E-state index in [4.69, 9.17) is 0 Å². The Morgan fingerprint density at radius 2 is 1.36 bits per heavy atom. The van der Waals surface area contributed by atoms with Gasteiger partial charge in [-0.1, -0.05) is 115 Å². The molecule has 0 aliphatic rings. The molecular formula is C27H37Br2NS3. The first-order valence-corrected chi connectivity index (χ1v) is 15.8. The Hall–Kier alpha value is -0.140. The van der Waals surface area contributed by atoms with Crippen LogP contribution < -0.4 is 25.5 Å². The molecule has 2 aromatic carbocycles. The van der Waals surface area contributed by atoms with Gasteiger partial charge in [0.05, 0.1) is 9.09 Å². The molecule has 1 nitrogen and oxygen atoms in total. The average Bonchev–Trinajstić information content (AvgIpc) is 3.24. The van der Waals surface area contributed by atoms with Crippen molar-refractivity contribution >= 4 is 61.1 Å². The van der Waals surface area contributed by atoms with Crippen molar-refractivity contribution in [2.75, 3.05) is 25.2 Å². The third kappa shape index (κ3) is 9.79. The summed E-state index contributed by atoms with van der Waals surface area (Å²) in [5.41, 5.74) is 1.36. The summed E-state index contributed by atoms with van der Waals surface area (Å²) in [6.45, 7) is 0. The number of benzene rings is 2. The molecule has 3 rings (SSSR count). The summed E-state index contributed by atoms with van der Waals surface area (Å²) in [5, 5.41) is 3.81. The van der Waals surface area contributed by atoms with E-state index in [2.05, 4.69) is 88.8 Å². The predicted molar refractivity (Wildman–Crippen MR) is 153 cm³/mol. The largest absolute Gasteiger partial charge is 1.00 e. The van der Waals surface area contributed by atoms with Crippen LogP contribution in [0.15, 0.2) is 46.7 Å². The van der Waals surface area contributed by atoms with E-state index >= 15 is 0 Å². The van der Waals surface area contributed by atoms with E-state index in [9.17, 15) is 0 Å². The van der Waals surface area contributed by atoms with Crippen molar-refractivity contribution in [3.05, 3.63) is 46.4 Å². The Kier molecular flexibility index (Phi) is 14.6. The maximum absolute atomic E-state index is 3.52. The van der Waals surface area contributed by atoms with Crippen LogP contribution in [-0.4, -0.2) is 25.2 Å². The van der Waals surface area contributed by atoms with Gasteiger partial charge in [-0.05, 0) is 52.3 Å². The molecule has 0 saturated heterocycles. The first-order valence-electron chi connectivity index (χ1n) is 12.0. The molecule has 0 amide bonds. The fraction of sp³-hybridized carbons (Fsp3) is 0.519. The lowest BCUT2D eigenvalue weighted by atomic mass is 10.1. The zero-order chi connectivity index (χ0) is 22.6. The standard InChI is InChI=1S/C27H37BrNS3.BrH/c1-29(2)27-31-25(24-18-17-22-15-11-12-16-23(22)21-24)26(32-27)30-20-14-10-8-6-4-3-5-7-9-13-19-28;/h11-12,15-18,21H,3-10,13-14,19-20H2,1-2H3;1H/q+1;/p-1. The topological polar surface area (TPSA) is 3.01 Å². The maximum atomic E-state index is 3.52. The Balaban J connectivity index is 0.00000385. The number of alkyl halides is 1. The number of halogens is 2. The van der Waals surface area contributed by atoms with E-state index in [0.29, 0.717) is 0 Å². The minimum Gasteiger partial charge on any atom is -1.00 e. The van der Waals surface area contributed by atoms with Gasteiger partial charge < -0.3 is 17.0 Å². The summed E-state index contributed by atoms with van der Waals surface area (Å²) in [6, 6.07) is 15.6. The molecule has 3 aromatic rings. The van der Waals surface area contributed by atoms with E-state index < -0.39 is 0 Å². The van der Waals surface area contributed by atoms with Crippen LogP contribution in [0.5, 0.6) is 0 Å². The molecular weight excluding hydrogens is 594 g/mol. The van der Waals surface area contributed by atoms with Crippen LogP contribution in [0.4, 0.5) is 0 Å². The average molecular weight is 632 g/mol. The normalized spacial score (nSPS) is 11.0. The number of nitrogens with zero attached hydrogens (tertiary/aromatic N) is 1. The summed E-state index contributed by atoms with van der Waals surface area (Å²) in [7, 11) is 4.31. The van der Waals surface area contributed by atoms with Crippen molar-refractivity contribution in [1.82, 2.24) is 4.58 Å². The zero-order valence-corrected chi connectivity index (χ0v) is 25.6. The van der Waals surface area contributed by atoms with Gasteiger partial charge in [0.1, 0.15) is 14.1 Å². The summed E-state index contributed by atoms with van der Waals surface area (Å²) >= 11 is 9.47. The highest BCUT2D eigenvalue weighted by molar-refractivity contribution is 9.09. The second-order valence-corrected chi connectivity index (χ2v) is 13.0. The minimum absolute atomic E-state index is 0. The molecule has 0 atom stereocenters. The molecule has 0 N–H and O–H groups in total. The lowest BCUT2D eigenvalue weighted by molar-refractivity contribution is -0.00000631. The molecule has 0 aliphatic carbocycles. The van der Waals surface area contributed by atoms with Gasteiger partial charge in [-0.25, -0.2) is 4.58 Å². The molecule has 6 heteroatoms. The molecule has 182 valence electrons. The lowest BCUT2D eigenvalue weighted by Crippen LogP contribution is -3.00. The van der Waals surface area contributed by atoms with Gasteiger partial charge in [0.15, 0.2) is 0 Å². The van der Waals surface area contributed by atoms with Crippen LogP contribution >= 0.6 is 50.4 Å². The second kappa shape index (κ2) is 16.5. The third-order valence-electron chi connectivity index (χ3n) is 5.69. The molecule has 0 bridgehead atoms. The zero-order valence-electron chi connectivity index (χ0n) is 20.0. The summed E-state index contributed by atoms with van der Waals surface area (Å²) in [4.78, 5) is 1.44. The van der Waals surface area contributed by atoms with E-state index in [1.807, 2.05) is 22.7 Å². The van der Waals surface area contributed by atoms with Crippen LogP contribution in [0, 0.1) is 0 Å². The van der Waals surface area contributed by atoms with Crippen molar-refractivity contribution < 1.29 is 17.0 Å². The fourth-order valence-electron chi connectivity index (χ4n) is 3.84. The summed E-state index contributed by atoms with van der Waals surface area (Å²) in [6.07, 6.45) is 13.9. The highest BCUT2D eigenvalue weighted by atomic mass is 79.9. The first kappa shape index (κ1) is 29.1.